The number of carbonyl (C=O) groups excluding carboxylic acids is 2. The van der Waals surface area contributed by atoms with Crippen LogP contribution in [0.1, 0.15) is 195 Å². The fraction of sp³-hybridized carbons (Fsp3) is 0.788. The van der Waals surface area contributed by atoms with Crippen LogP contribution in [-0.2, 0) is 42.4 Å². The van der Waals surface area contributed by atoms with E-state index in [4.69, 9.17) is 24.3 Å². The van der Waals surface area contributed by atoms with Crippen molar-refractivity contribution in [3.05, 3.63) is 59.7 Å². The Balaban J connectivity index is 0.000000197. The summed E-state index contributed by atoms with van der Waals surface area (Å²) in [6.07, 6.45) is 20.1. The van der Waals surface area contributed by atoms with Crippen molar-refractivity contribution in [2.75, 3.05) is 14.2 Å². The number of aliphatic hydroxyl groups is 2. The lowest BCUT2D eigenvalue weighted by atomic mass is 9.43. The lowest BCUT2D eigenvalue weighted by molar-refractivity contribution is -0.172. The second-order valence-electron chi connectivity index (χ2n) is 28.1. The van der Waals surface area contributed by atoms with Crippen LogP contribution in [0, 0.1) is 112 Å². The summed E-state index contributed by atoms with van der Waals surface area (Å²) in [5.74, 6) is 7.00. The Morgan fingerprint density at radius 3 is 1.48 bits per heavy atom. The van der Waals surface area contributed by atoms with Crippen LogP contribution in [0.5, 0.6) is 0 Å². The van der Waals surface area contributed by atoms with Crippen LogP contribution in [0.4, 0.5) is 0 Å². The molecule has 0 heterocycles. The van der Waals surface area contributed by atoms with Crippen LogP contribution in [-0.4, -0.2) is 71.5 Å². The van der Waals surface area contributed by atoms with Gasteiger partial charge < -0.3 is 19.7 Å². The van der Waals surface area contributed by atoms with Gasteiger partial charge in [0.25, 0.3) is 19.2 Å². The summed E-state index contributed by atoms with van der Waals surface area (Å²) in [5, 5.41) is 21.3. The highest BCUT2D eigenvalue weighted by atomic mass is 35.7. The predicted octanol–water partition coefficient (Wildman–Crippen LogP) is 14.7. The molecule has 2 aromatic carbocycles. The molecule has 0 bridgehead atoms. The number of hydrogen-bond donors (Lipinski definition) is 2. The van der Waals surface area contributed by atoms with Gasteiger partial charge >= 0.3 is 11.9 Å². The molecule has 0 unspecified atom stereocenters. The monoisotopic (exact) mass is 1170 g/mol. The highest BCUT2D eigenvalue weighted by molar-refractivity contribution is 8.13. The number of halogens is 1. The van der Waals surface area contributed by atoms with Gasteiger partial charge in [-0.05, 0) is 246 Å². The van der Waals surface area contributed by atoms with E-state index >= 15 is 0 Å². The quantitative estimate of drug-likeness (QED) is 0.118. The first-order valence-electron chi connectivity index (χ1n) is 30.6. The van der Waals surface area contributed by atoms with E-state index in [9.17, 15) is 36.6 Å². The third-order valence-corrected chi connectivity index (χ3v) is 26.7. The number of rotatable bonds is 12. The largest absolute Gasteiger partial charge is 0.469 e. The van der Waals surface area contributed by atoms with Gasteiger partial charge in [0, 0.05) is 23.5 Å². The molecule has 8 aliphatic rings. The van der Waals surface area contributed by atoms with E-state index in [1.54, 1.807) is 24.3 Å². The van der Waals surface area contributed by atoms with Gasteiger partial charge in [0.05, 0.1) is 42.3 Å². The van der Waals surface area contributed by atoms with Crippen LogP contribution in [0.25, 0.3) is 0 Å². The minimum atomic E-state index is -3.83. The molecule has 80 heavy (non-hydrogen) atoms. The Morgan fingerprint density at radius 2 is 1.00 bits per heavy atom. The SMILES string of the molecule is C.COC(=O)CC[C@@H](C)[C@H]1CC[C@H]2[C@@H]3C[C@H](O)[C@@H]4C[C@H](O)CC[C@]4(C)[C@H]3CC[C@]12C.COC(=O)CC[C@@H](C)[C@H]1CC[C@H]2[C@@H]3C[C@H](OS(=O)(=O)c4ccc(C)cc4)[C@@H]4C[C@H](C)CC[C@]4(C)[C@H]3CC[C@]12C.Cc1ccc(S(=O)(=O)Cl)cc1. The second kappa shape index (κ2) is 25.6. The number of carbonyl (C=O) groups is 2. The maximum absolute atomic E-state index is 13.6. The molecule has 0 saturated heterocycles. The second-order valence-corrected chi connectivity index (χ2v) is 32.3. The van der Waals surface area contributed by atoms with Crippen LogP contribution in [0.15, 0.2) is 58.3 Å². The summed E-state index contributed by atoms with van der Waals surface area (Å²) in [6, 6.07) is 13.5. The molecule has 0 spiro atoms. The number of fused-ring (bicyclic) bond motifs is 10. The Labute approximate surface area is 488 Å². The first kappa shape index (κ1) is 65.0. The first-order valence-corrected chi connectivity index (χ1v) is 34.3. The molecule has 0 radical (unpaired) electrons. The topological polar surface area (TPSA) is 171 Å². The zero-order valence-electron chi connectivity index (χ0n) is 49.8. The minimum Gasteiger partial charge on any atom is -0.469 e. The Kier molecular flexibility index (Phi) is 20.8. The molecule has 8 aliphatic carbocycles. The molecule has 11 nitrogen and oxygen atoms in total. The number of hydrogen-bond acceptors (Lipinski definition) is 11. The zero-order chi connectivity index (χ0) is 57.6. The van der Waals surface area contributed by atoms with Crippen molar-refractivity contribution < 1.29 is 50.3 Å². The molecule has 452 valence electrons. The van der Waals surface area contributed by atoms with Crippen LogP contribution < -0.4 is 0 Å². The normalized spacial score (nSPS) is 39.6. The van der Waals surface area contributed by atoms with Gasteiger partial charge in [0.1, 0.15) is 0 Å². The summed E-state index contributed by atoms with van der Waals surface area (Å²) >= 11 is 0. The number of esters is 2. The van der Waals surface area contributed by atoms with E-state index in [0.717, 1.165) is 62.5 Å². The predicted molar refractivity (Wildman–Crippen MR) is 317 cm³/mol. The smallest absolute Gasteiger partial charge is 0.305 e. The Hall–Kier alpha value is -2.55. The zero-order valence-corrected chi connectivity index (χ0v) is 52.2. The molecule has 8 fully saturated rings. The average molecular weight is 1170 g/mol. The van der Waals surface area contributed by atoms with Gasteiger partial charge in [0.15, 0.2) is 0 Å². The van der Waals surface area contributed by atoms with Crippen molar-refractivity contribution in [1.29, 1.82) is 0 Å². The number of benzene rings is 2. The fourth-order valence-corrected chi connectivity index (χ4v) is 21.6. The molecular formula is C66H103ClO11S2. The van der Waals surface area contributed by atoms with Crippen LogP contribution in [0.2, 0.25) is 0 Å². The van der Waals surface area contributed by atoms with E-state index in [1.807, 2.05) is 26.0 Å². The molecule has 14 heteroatoms. The third-order valence-electron chi connectivity index (χ3n) is 24.0. The van der Waals surface area contributed by atoms with Crippen LogP contribution >= 0.6 is 10.7 Å². The van der Waals surface area contributed by atoms with Crippen LogP contribution in [0.3, 0.4) is 0 Å². The van der Waals surface area contributed by atoms with Crippen molar-refractivity contribution in [3.8, 4) is 0 Å². The molecule has 0 aromatic heterocycles. The van der Waals surface area contributed by atoms with Crippen molar-refractivity contribution in [1.82, 2.24) is 0 Å². The lowest BCUT2D eigenvalue weighted by Crippen LogP contribution is -2.58. The van der Waals surface area contributed by atoms with Gasteiger partial charge in [-0.3, -0.25) is 13.8 Å². The molecule has 8 saturated carbocycles. The summed E-state index contributed by atoms with van der Waals surface area (Å²) in [4.78, 5) is 23.9. The standard InChI is InChI=1S/C33H50O5S.C25H42O4.C7H7ClO2S.CH4/c1-21-7-10-24(11-8-21)39(35,36)38-30-20-25-27-13-12-26(23(3)9-14-31(34)37-6)32(27,4)18-16-28(25)33(5)17-15-22(2)19-29(30)33;1-15(5-8-23(28)29-4)18-6-7-19-17-14-22(27)21-13-16(26)9-11-25(21,3)20(17)10-12-24(18,19)2;1-6-2-4-7(5-3-6)11(8,9)10;/h7-8,10-11,22-23,25-30H,9,12-20H2,1-6H3;15-22,26-27H,5-14H2,1-4H3;2-5H,1H3;1H4/t22-,23-,25+,26-,27+,28+,29+,30+,32-,33-;15-,16-,17+,18-,19+,20+,21+,22+,24-,25-;;/m11../s1. The van der Waals surface area contributed by atoms with Gasteiger partial charge in [0.2, 0.25) is 0 Å². The minimum absolute atomic E-state index is 0. The summed E-state index contributed by atoms with van der Waals surface area (Å²) < 4.78 is 64.6. The third kappa shape index (κ3) is 13.1. The van der Waals surface area contributed by atoms with Gasteiger partial charge in [-0.2, -0.15) is 8.42 Å². The van der Waals surface area contributed by atoms with E-state index in [-0.39, 0.29) is 75.5 Å². The molecule has 20 atom stereocenters. The average Bonchev–Trinajstić information content (AvgIpc) is 4.01. The number of methoxy groups -OCH3 is 2. The van der Waals surface area contributed by atoms with Gasteiger partial charge in [-0.15, -0.1) is 0 Å². The van der Waals surface area contributed by atoms with Crippen molar-refractivity contribution >= 4 is 41.8 Å². The summed E-state index contributed by atoms with van der Waals surface area (Å²) in [6.45, 7) is 20.8. The van der Waals surface area contributed by atoms with Gasteiger partial charge in [-0.1, -0.05) is 97.7 Å². The first-order chi connectivity index (χ1) is 37.1. The maximum atomic E-state index is 13.6. The van der Waals surface area contributed by atoms with E-state index in [1.165, 1.54) is 90.6 Å². The molecule has 2 N–H and O–H groups in total. The molecule has 0 aliphatic heterocycles. The highest BCUT2D eigenvalue weighted by Crippen LogP contribution is 2.71. The fourth-order valence-electron chi connectivity index (χ4n) is 19.7. The maximum Gasteiger partial charge on any atom is 0.305 e. The summed E-state index contributed by atoms with van der Waals surface area (Å²) in [5.41, 5.74) is 2.95. The Morgan fingerprint density at radius 1 is 0.575 bits per heavy atom. The van der Waals surface area contributed by atoms with E-state index < -0.39 is 19.2 Å². The van der Waals surface area contributed by atoms with Gasteiger partial charge in [-0.25, -0.2) is 8.42 Å². The lowest BCUT2D eigenvalue weighted by Gasteiger charge is -2.63. The van der Waals surface area contributed by atoms with E-state index in [2.05, 4.69) is 48.5 Å². The highest BCUT2D eigenvalue weighted by Gasteiger charge is 2.64. The van der Waals surface area contributed by atoms with E-state index in [0.29, 0.717) is 83.4 Å². The molecular weight excluding hydrogens is 1070 g/mol. The van der Waals surface area contributed by atoms with Crippen molar-refractivity contribution in [2.24, 2.45) is 98.6 Å². The molecule has 2 aromatic rings. The summed E-state index contributed by atoms with van der Waals surface area (Å²) in [7, 11) is 0.657. The van der Waals surface area contributed by atoms with Crippen molar-refractivity contribution in [3.63, 3.8) is 0 Å². The number of aliphatic hydroxyl groups excluding tert-OH is 2. The van der Waals surface area contributed by atoms with Crippen molar-refractivity contribution in [2.45, 2.75) is 226 Å². The number of ether oxygens (including phenoxy) is 2. The Bertz CT molecular complexity index is 2650. The molecule has 10 rings (SSSR count). The number of aryl methyl sites for hydroxylation is 2. The molecule has 0 amide bonds.